The summed E-state index contributed by atoms with van der Waals surface area (Å²) in [5, 5.41) is 0.565. The maximum Gasteiger partial charge on any atom is 0.243 e. The number of benzene rings is 2. The number of rotatable bonds is 6. The van der Waals surface area contributed by atoms with Crippen LogP contribution in [-0.2, 0) is 16.6 Å². The van der Waals surface area contributed by atoms with Gasteiger partial charge in [-0.05, 0) is 35.9 Å². The Labute approximate surface area is 175 Å². The predicted octanol–water partition coefficient (Wildman–Crippen LogP) is 3.52. The lowest BCUT2D eigenvalue weighted by molar-refractivity contribution is 0.181. The Kier molecular flexibility index (Phi) is 6.73. The minimum atomic E-state index is -3.59. The molecule has 1 saturated heterocycles. The Bertz CT molecular complexity index is 945. The lowest BCUT2D eigenvalue weighted by Crippen LogP contribution is -2.48. The summed E-state index contributed by atoms with van der Waals surface area (Å²) in [5.74, 6) is 1.37. The van der Waals surface area contributed by atoms with Crippen molar-refractivity contribution in [2.45, 2.75) is 11.4 Å². The second-order valence-electron chi connectivity index (χ2n) is 6.45. The fraction of sp³-hybridized carbons (Fsp3) is 0.368. The van der Waals surface area contributed by atoms with Gasteiger partial charge in [-0.1, -0.05) is 29.3 Å². The fourth-order valence-electron chi connectivity index (χ4n) is 3.15. The monoisotopic (exact) mass is 444 g/mol. The highest BCUT2D eigenvalue weighted by Gasteiger charge is 2.29. The number of halogens is 2. The van der Waals surface area contributed by atoms with Gasteiger partial charge in [0.25, 0.3) is 0 Å². The molecule has 28 heavy (non-hydrogen) atoms. The van der Waals surface area contributed by atoms with Gasteiger partial charge in [0.05, 0.1) is 29.2 Å². The molecule has 0 saturated carbocycles. The van der Waals surface area contributed by atoms with Crippen LogP contribution >= 0.6 is 23.2 Å². The van der Waals surface area contributed by atoms with Gasteiger partial charge in [0, 0.05) is 32.7 Å². The third-order valence-electron chi connectivity index (χ3n) is 4.71. The van der Waals surface area contributed by atoms with E-state index in [1.165, 1.54) is 22.5 Å². The molecule has 0 radical (unpaired) electrons. The Morgan fingerprint density at radius 3 is 2.18 bits per heavy atom. The molecule has 9 heteroatoms. The first kappa shape index (κ1) is 21.2. The van der Waals surface area contributed by atoms with Crippen LogP contribution in [0.5, 0.6) is 11.5 Å². The van der Waals surface area contributed by atoms with Crippen LogP contribution in [0.3, 0.4) is 0 Å². The maximum atomic E-state index is 12.8. The summed E-state index contributed by atoms with van der Waals surface area (Å²) in [7, 11) is -0.383. The van der Waals surface area contributed by atoms with Gasteiger partial charge in [0.1, 0.15) is 0 Å². The van der Waals surface area contributed by atoms with Crippen LogP contribution < -0.4 is 9.47 Å². The summed E-state index contributed by atoms with van der Waals surface area (Å²) in [6.45, 7) is 2.80. The van der Waals surface area contributed by atoms with Gasteiger partial charge in [-0.15, -0.1) is 0 Å². The summed E-state index contributed by atoms with van der Waals surface area (Å²) in [6, 6.07) is 10.2. The molecular weight excluding hydrogens is 423 g/mol. The molecule has 0 spiro atoms. The normalized spacial score (nSPS) is 16.1. The van der Waals surface area contributed by atoms with Crippen LogP contribution in [0.2, 0.25) is 10.0 Å². The molecule has 1 fully saturated rings. The van der Waals surface area contributed by atoms with Crippen molar-refractivity contribution in [2.75, 3.05) is 40.4 Å². The summed E-state index contributed by atoms with van der Waals surface area (Å²) in [5.41, 5.74) is 1.08. The van der Waals surface area contributed by atoms with Gasteiger partial charge in [-0.3, -0.25) is 4.90 Å². The molecular formula is C19H22Cl2N2O4S. The van der Waals surface area contributed by atoms with Crippen LogP contribution in [0.25, 0.3) is 0 Å². The van der Waals surface area contributed by atoms with E-state index in [1.54, 1.807) is 14.2 Å². The molecule has 0 unspecified atom stereocenters. The zero-order chi connectivity index (χ0) is 20.3. The van der Waals surface area contributed by atoms with Crippen molar-refractivity contribution >= 4 is 33.2 Å². The Morgan fingerprint density at radius 2 is 1.57 bits per heavy atom. The highest BCUT2D eigenvalue weighted by atomic mass is 35.5. The topological polar surface area (TPSA) is 59.1 Å². The number of nitrogens with zero attached hydrogens (tertiary/aromatic N) is 2. The van der Waals surface area contributed by atoms with E-state index < -0.39 is 10.0 Å². The number of hydrogen-bond acceptors (Lipinski definition) is 5. The molecule has 6 nitrogen and oxygen atoms in total. The molecule has 1 heterocycles. The van der Waals surface area contributed by atoms with Crippen LogP contribution in [0.1, 0.15) is 5.56 Å². The summed E-state index contributed by atoms with van der Waals surface area (Å²) >= 11 is 11.9. The van der Waals surface area contributed by atoms with Gasteiger partial charge in [-0.25, -0.2) is 8.42 Å². The first-order chi connectivity index (χ1) is 13.3. The third-order valence-corrected chi connectivity index (χ3v) is 7.35. The fourth-order valence-corrected chi connectivity index (χ4v) is 4.96. The molecule has 2 aromatic carbocycles. The van der Waals surface area contributed by atoms with Crippen molar-refractivity contribution in [1.82, 2.24) is 9.21 Å². The van der Waals surface area contributed by atoms with Crippen LogP contribution in [0, 0.1) is 0 Å². The van der Waals surface area contributed by atoms with E-state index in [0.29, 0.717) is 49.2 Å². The van der Waals surface area contributed by atoms with Gasteiger partial charge >= 0.3 is 0 Å². The Balaban J connectivity index is 1.65. The van der Waals surface area contributed by atoms with Gasteiger partial charge in [-0.2, -0.15) is 4.31 Å². The lowest BCUT2D eigenvalue weighted by Gasteiger charge is -2.34. The zero-order valence-corrected chi connectivity index (χ0v) is 18.0. The van der Waals surface area contributed by atoms with Crippen molar-refractivity contribution in [3.8, 4) is 11.5 Å². The van der Waals surface area contributed by atoms with Crippen molar-refractivity contribution in [1.29, 1.82) is 0 Å². The molecule has 0 bridgehead atoms. The lowest BCUT2D eigenvalue weighted by atomic mass is 10.1. The zero-order valence-electron chi connectivity index (χ0n) is 15.7. The Morgan fingerprint density at radius 1 is 0.893 bits per heavy atom. The standard InChI is InChI=1S/C19H22Cl2N2O4S/c1-26-18-6-3-14(11-19(18)27-2)13-22-7-9-23(10-8-22)28(24,25)15-4-5-16(20)17(21)12-15/h3-6,11-12H,7-10,13H2,1-2H3. The second kappa shape index (κ2) is 8.88. The number of piperazine rings is 1. The van der Waals surface area contributed by atoms with Gasteiger partial charge < -0.3 is 9.47 Å². The SMILES string of the molecule is COc1ccc(CN2CCN(S(=O)(=O)c3ccc(Cl)c(Cl)c3)CC2)cc1OC. The first-order valence-electron chi connectivity index (χ1n) is 8.73. The van der Waals surface area contributed by atoms with Crippen molar-refractivity contribution < 1.29 is 17.9 Å². The molecule has 1 aliphatic heterocycles. The van der Waals surface area contributed by atoms with Crippen LogP contribution in [0.4, 0.5) is 0 Å². The van der Waals surface area contributed by atoms with Crippen molar-refractivity contribution in [2.24, 2.45) is 0 Å². The average Bonchev–Trinajstić information content (AvgIpc) is 2.70. The molecule has 0 atom stereocenters. The van der Waals surface area contributed by atoms with E-state index in [4.69, 9.17) is 32.7 Å². The van der Waals surface area contributed by atoms with Gasteiger partial charge in [0.15, 0.2) is 11.5 Å². The third kappa shape index (κ3) is 4.55. The molecule has 2 aromatic rings. The van der Waals surface area contributed by atoms with Crippen molar-refractivity contribution in [3.05, 3.63) is 52.0 Å². The minimum Gasteiger partial charge on any atom is -0.493 e. The molecule has 3 rings (SSSR count). The predicted molar refractivity (Wildman–Crippen MR) is 110 cm³/mol. The van der Waals surface area contributed by atoms with E-state index in [9.17, 15) is 8.42 Å². The average molecular weight is 445 g/mol. The van der Waals surface area contributed by atoms with E-state index in [2.05, 4.69) is 4.90 Å². The van der Waals surface area contributed by atoms with Gasteiger partial charge in [0.2, 0.25) is 10.0 Å². The highest BCUT2D eigenvalue weighted by Crippen LogP contribution is 2.29. The van der Waals surface area contributed by atoms with E-state index >= 15 is 0 Å². The Hall–Kier alpha value is -1.51. The van der Waals surface area contributed by atoms with Crippen LogP contribution in [-0.4, -0.2) is 58.0 Å². The number of hydrogen-bond donors (Lipinski definition) is 0. The molecule has 1 aliphatic rings. The smallest absolute Gasteiger partial charge is 0.243 e. The van der Waals surface area contributed by atoms with E-state index in [-0.39, 0.29) is 9.92 Å². The molecule has 152 valence electrons. The van der Waals surface area contributed by atoms with Crippen molar-refractivity contribution in [3.63, 3.8) is 0 Å². The number of sulfonamides is 1. The second-order valence-corrected chi connectivity index (χ2v) is 9.20. The molecule has 0 aliphatic carbocycles. The summed E-state index contributed by atoms with van der Waals surface area (Å²) in [6.07, 6.45) is 0. The number of methoxy groups -OCH3 is 2. The highest BCUT2D eigenvalue weighted by molar-refractivity contribution is 7.89. The molecule has 0 amide bonds. The molecule has 0 N–H and O–H groups in total. The van der Waals surface area contributed by atoms with Crippen LogP contribution in [0.15, 0.2) is 41.3 Å². The van der Waals surface area contributed by atoms with E-state index in [1.807, 2.05) is 18.2 Å². The molecule has 0 aromatic heterocycles. The van der Waals surface area contributed by atoms with E-state index in [0.717, 1.165) is 5.56 Å². The number of ether oxygens (including phenoxy) is 2. The minimum absolute atomic E-state index is 0.162. The quantitative estimate of drug-likeness (QED) is 0.681. The maximum absolute atomic E-state index is 12.8. The largest absolute Gasteiger partial charge is 0.493 e. The summed E-state index contributed by atoms with van der Waals surface area (Å²) in [4.78, 5) is 2.37. The first-order valence-corrected chi connectivity index (χ1v) is 10.9. The summed E-state index contributed by atoms with van der Waals surface area (Å²) < 4.78 is 37.8.